The second kappa shape index (κ2) is 5.85. The molecule has 2 rings (SSSR count). The van der Waals surface area contributed by atoms with Crippen LogP contribution in [0.2, 0.25) is 0 Å². The molecule has 0 spiro atoms. The third-order valence-electron chi connectivity index (χ3n) is 3.49. The lowest BCUT2D eigenvalue weighted by Gasteiger charge is -2.20. The number of hydrogen-bond acceptors (Lipinski definition) is 1. The molecule has 0 aliphatic heterocycles. The molecule has 21 heavy (non-hydrogen) atoms. The summed E-state index contributed by atoms with van der Waals surface area (Å²) in [5, 5.41) is 2.74. The lowest BCUT2D eigenvalue weighted by molar-refractivity contribution is 0.477. The van der Waals surface area contributed by atoms with E-state index in [1.165, 1.54) is 39.1 Å². The molecule has 2 aromatic rings. The summed E-state index contributed by atoms with van der Waals surface area (Å²) >= 11 is 0. The van der Waals surface area contributed by atoms with Crippen LogP contribution in [0.15, 0.2) is 24.3 Å². The minimum atomic E-state index is -1.03. The lowest BCUT2D eigenvalue weighted by Crippen LogP contribution is -2.21. The summed E-state index contributed by atoms with van der Waals surface area (Å²) in [6.07, 6.45) is 0. The van der Waals surface area contributed by atoms with Crippen LogP contribution in [-0.2, 0) is 0 Å². The highest BCUT2D eigenvalue weighted by Crippen LogP contribution is 2.29. The zero-order chi connectivity index (χ0) is 15.7. The Hall–Kier alpha value is -1.88. The maximum absolute atomic E-state index is 14.1. The van der Waals surface area contributed by atoms with Crippen molar-refractivity contribution in [2.24, 2.45) is 0 Å². The summed E-state index contributed by atoms with van der Waals surface area (Å²) in [6, 6.07) is 3.96. The van der Waals surface area contributed by atoms with Crippen LogP contribution >= 0.6 is 0 Å². The summed E-state index contributed by atoms with van der Waals surface area (Å²) < 4.78 is 55.1. The van der Waals surface area contributed by atoms with E-state index in [-0.39, 0.29) is 22.3 Å². The highest BCUT2D eigenvalue weighted by molar-refractivity contribution is 5.38. The quantitative estimate of drug-likeness (QED) is 0.839. The first-order valence-corrected chi connectivity index (χ1v) is 6.44. The molecule has 1 nitrogen and oxygen atoms in total. The van der Waals surface area contributed by atoms with Crippen LogP contribution in [0.3, 0.4) is 0 Å². The summed E-state index contributed by atoms with van der Waals surface area (Å²) in [5.74, 6) is -3.48. The highest BCUT2D eigenvalue weighted by atomic mass is 19.2. The average molecular weight is 297 g/mol. The van der Waals surface area contributed by atoms with Crippen LogP contribution in [0.4, 0.5) is 17.6 Å². The molecule has 0 fully saturated rings. The first-order valence-electron chi connectivity index (χ1n) is 6.44. The molecule has 1 N–H and O–H groups in total. The third kappa shape index (κ3) is 2.78. The first-order chi connectivity index (χ1) is 9.86. The van der Waals surface area contributed by atoms with Crippen molar-refractivity contribution in [1.29, 1.82) is 0 Å². The molecule has 0 aliphatic carbocycles. The van der Waals surface area contributed by atoms with Gasteiger partial charge in [-0.05, 0) is 38.1 Å². The van der Waals surface area contributed by atoms with Crippen molar-refractivity contribution in [3.63, 3.8) is 0 Å². The van der Waals surface area contributed by atoms with E-state index in [9.17, 15) is 17.6 Å². The minimum Gasteiger partial charge on any atom is -0.309 e. The van der Waals surface area contributed by atoms with Gasteiger partial charge in [-0.15, -0.1) is 0 Å². The van der Waals surface area contributed by atoms with Crippen molar-refractivity contribution in [1.82, 2.24) is 5.32 Å². The van der Waals surface area contributed by atoms with Crippen LogP contribution in [0, 0.1) is 37.1 Å². The minimum absolute atomic E-state index is 0.0227. The van der Waals surface area contributed by atoms with E-state index in [4.69, 9.17) is 0 Å². The maximum Gasteiger partial charge on any atom is 0.164 e. The Kier molecular flexibility index (Phi) is 4.32. The Labute approximate surface area is 120 Å². The van der Waals surface area contributed by atoms with Crippen LogP contribution in [0.5, 0.6) is 0 Å². The van der Waals surface area contributed by atoms with E-state index < -0.39 is 29.3 Å². The largest absolute Gasteiger partial charge is 0.309 e. The van der Waals surface area contributed by atoms with E-state index in [0.717, 1.165) is 6.07 Å². The van der Waals surface area contributed by atoms with Gasteiger partial charge in [0.15, 0.2) is 11.6 Å². The second-order valence-electron chi connectivity index (χ2n) is 4.94. The van der Waals surface area contributed by atoms with E-state index in [0.29, 0.717) is 0 Å². The van der Waals surface area contributed by atoms with Crippen molar-refractivity contribution in [3.8, 4) is 0 Å². The van der Waals surface area contributed by atoms with Crippen LogP contribution in [0.1, 0.15) is 28.3 Å². The van der Waals surface area contributed by atoms with Gasteiger partial charge in [0.05, 0.1) is 6.04 Å². The topological polar surface area (TPSA) is 12.0 Å². The van der Waals surface area contributed by atoms with Gasteiger partial charge in [0.2, 0.25) is 0 Å². The molecule has 5 heteroatoms. The molecule has 2 aromatic carbocycles. The zero-order valence-electron chi connectivity index (χ0n) is 11.9. The smallest absolute Gasteiger partial charge is 0.164 e. The summed E-state index contributed by atoms with van der Waals surface area (Å²) in [5.41, 5.74) is 0.450. The van der Waals surface area contributed by atoms with Gasteiger partial charge in [-0.1, -0.05) is 12.1 Å². The Morgan fingerprint density at radius 3 is 2.10 bits per heavy atom. The van der Waals surface area contributed by atoms with Crippen LogP contribution in [0.25, 0.3) is 0 Å². The number of benzene rings is 2. The van der Waals surface area contributed by atoms with Crippen molar-refractivity contribution in [3.05, 3.63) is 69.8 Å². The molecule has 0 aromatic heterocycles. The summed E-state index contributed by atoms with van der Waals surface area (Å²) in [6.45, 7) is 2.93. The predicted molar refractivity (Wildman–Crippen MR) is 73.1 cm³/mol. The standard InChI is InChI=1S/C16H15F4N/c1-8-4-5-10(15(20)14(8)19)16(21-3)11-6-9(2)12(17)7-13(11)18/h4-7,16,21H,1-3H3. The number of halogens is 4. The molecular weight excluding hydrogens is 282 g/mol. The molecule has 0 aliphatic rings. The number of aryl methyl sites for hydroxylation is 2. The molecule has 1 unspecified atom stereocenters. The van der Waals surface area contributed by atoms with Gasteiger partial charge in [-0.25, -0.2) is 17.6 Å². The van der Waals surface area contributed by atoms with E-state index in [2.05, 4.69) is 5.32 Å². The highest BCUT2D eigenvalue weighted by Gasteiger charge is 2.23. The number of hydrogen-bond donors (Lipinski definition) is 1. The SMILES string of the molecule is CNC(c1cc(C)c(F)cc1F)c1ccc(C)c(F)c1F. The second-order valence-corrected chi connectivity index (χ2v) is 4.94. The molecule has 112 valence electrons. The number of nitrogens with one attached hydrogen (secondary N) is 1. The monoisotopic (exact) mass is 297 g/mol. The predicted octanol–water partition coefficient (Wildman–Crippen LogP) is 4.17. The first kappa shape index (κ1) is 15.5. The van der Waals surface area contributed by atoms with Gasteiger partial charge in [0, 0.05) is 17.2 Å². The van der Waals surface area contributed by atoms with Crippen LogP contribution in [-0.4, -0.2) is 7.05 Å². The fraction of sp³-hybridized carbons (Fsp3) is 0.250. The summed E-state index contributed by atoms with van der Waals surface area (Å²) in [4.78, 5) is 0. The normalized spacial score (nSPS) is 12.5. The molecule has 0 radical (unpaired) electrons. The van der Waals surface area contributed by atoms with E-state index in [1.54, 1.807) is 0 Å². The van der Waals surface area contributed by atoms with E-state index in [1.807, 2.05) is 0 Å². The Bertz CT molecular complexity index is 680. The maximum atomic E-state index is 14.1. The molecule has 0 saturated carbocycles. The average Bonchev–Trinajstić information content (AvgIpc) is 2.44. The van der Waals surface area contributed by atoms with Gasteiger partial charge < -0.3 is 5.32 Å². The molecule has 0 heterocycles. The Morgan fingerprint density at radius 1 is 0.810 bits per heavy atom. The van der Waals surface area contributed by atoms with Gasteiger partial charge in [-0.2, -0.15) is 0 Å². The fourth-order valence-corrected chi connectivity index (χ4v) is 2.26. The molecular formula is C16H15F4N. The lowest BCUT2D eigenvalue weighted by atomic mass is 9.95. The third-order valence-corrected chi connectivity index (χ3v) is 3.49. The summed E-state index contributed by atoms with van der Waals surface area (Å²) in [7, 11) is 1.50. The van der Waals surface area contributed by atoms with Crippen LogP contribution < -0.4 is 5.32 Å². The van der Waals surface area contributed by atoms with Crippen molar-refractivity contribution < 1.29 is 17.6 Å². The van der Waals surface area contributed by atoms with Gasteiger partial charge >= 0.3 is 0 Å². The zero-order valence-corrected chi connectivity index (χ0v) is 11.9. The van der Waals surface area contributed by atoms with Gasteiger partial charge in [-0.3, -0.25) is 0 Å². The fourth-order valence-electron chi connectivity index (χ4n) is 2.26. The molecule has 0 bridgehead atoms. The van der Waals surface area contributed by atoms with Crippen molar-refractivity contribution in [2.45, 2.75) is 19.9 Å². The van der Waals surface area contributed by atoms with Crippen molar-refractivity contribution in [2.75, 3.05) is 7.05 Å². The Morgan fingerprint density at radius 2 is 1.48 bits per heavy atom. The van der Waals surface area contributed by atoms with Gasteiger partial charge in [0.1, 0.15) is 11.6 Å². The molecule has 0 amide bonds. The molecule has 1 atom stereocenters. The number of rotatable bonds is 3. The Balaban J connectivity index is 2.60. The molecule has 0 saturated heterocycles. The van der Waals surface area contributed by atoms with E-state index >= 15 is 0 Å². The van der Waals surface area contributed by atoms with Crippen molar-refractivity contribution >= 4 is 0 Å². The van der Waals surface area contributed by atoms with Gasteiger partial charge in [0.25, 0.3) is 0 Å².